The molecule has 1 aromatic heterocycles. The molecule has 0 atom stereocenters. The lowest BCUT2D eigenvalue weighted by Gasteiger charge is -2.13. The number of pyridine rings is 1. The molecule has 3 nitrogen and oxygen atoms in total. The third-order valence-electron chi connectivity index (χ3n) is 3.97. The highest BCUT2D eigenvalue weighted by molar-refractivity contribution is 5.97. The fourth-order valence-corrected chi connectivity index (χ4v) is 2.77. The number of nitrogens with one attached hydrogen (secondary N) is 1. The molecule has 1 aromatic carbocycles. The Labute approximate surface area is 125 Å². The monoisotopic (exact) mass is 280 g/mol. The van der Waals surface area contributed by atoms with Crippen LogP contribution in [-0.4, -0.2) is 17.4 Å². The number of nitrogens with zero attached hydrogens (tertiary/aromatic N) is 1. The van der Waals surface area contributed by atoms with E-state index in [1.807, 2.05) is 30.3 Å². The molecule has 0 fully saturated rings. The molecule has 1 N–H and O–H groups in total. The fraction of sp³-hybridized carbons (Fsp3) is 0.333. The van der Waals surface area contributed by atoms with Gasteiger partial charge < -0.3 is 5.32 Å². The van der Waals surface area contributed by atoms with Crippen molar-refractivity contribution in [3.63, 3.8) is 0 Å². The Morgan fingerprint density at radius 1 is 1.24 bits per heavy atom. The van der Waals surface area contributed by atoms with E-state index >= 15 is 0 Å². The summed E-state index contributed by atoms with van der Waals surface area (Å²) in [6, 6.07) is 9.74. The first-order valence-electron chi connectivity index (χ1n) is 7.64. The predicted molar refractivity (Wildman–Crippen MR) is 85.2 cm³/mol. The van der Waals surface area contributed by atoms with Crippen LogP contribution in [0.25, 0.3) is 10.9 Å². The van der Waals surface area contributed by atoms with Gasteiger partial charge in [0.15, 0.2) is 0 Å². The van der Waals surface area contributed by atoms with Crippen molar-refractivity contribution in [3.8, 4) is 0 Å². The van der Waals surface area contributed by atoms with Gasteiger partial charge in [-0.2, -0.15) is 0 Å². The summed E-state index contributed by atoms with van der Waals surface area (Å²) in [4.78, 5) is 16.5. The van der Waals surface area contributed by atoms with Crippen LogP contribution in [0.15, 0.2) is 48.2 Å². The number of carbonyl (C=O) groups is 1. The standard InChI is InChI=1S/C18H20N2O/c21-18(19-11-10-14-6-2-1-3-7-14)16-12-15-8-4-5-9-17(15)20-13-16/h4-6,8-9,12-13H,1-3,7,10-11H2,(H,19,21). The summed E-state index contributed by atoms with van der Waals surface area (Å²) >= 11 is 0. The Morgan fingerprint density at radius 2 is 2.14 bits per heavy atom. The molecule has 0 radical (unpaired) electrons. The molecule has 3 rings (SSSR count). The van der Waals surface area contributed by atoms with Crippen LogP contribution in [-0.2, 0) is 0 Å². The SMILES string of the molecule is O=C(NCCC1=CCCCC1)c1cnc2ccccc2c1. The van der Waals surface area contributed by atoms with Crippen LogP contribution in [0.4, 0.5) is 0 Å². The maximum Gasteiger partial charge on any atom is 0.252 e. The lowest BCUT2D eigenvalue weighted by Crippen LogP contribution is -2.25. The van der Waals surface area contributed by atoms with Crippen LogP contribution in [0.1, 0.15) is 42.5 Å². The van der Waals surface area contributed by atoms with Gasteiger partial charge in [-0.15, -0.1) is 0 Å². The van der Waals surface area contributed by atoms with E-state index in [9.17, 15) is 4.79 Å². The molecule has 108 valence electrons. The van der Waals surface area contributed by atoms with Gasteiger partial charge in [0.05, 0.1) is 11.1 Å². The number of rotatable bonds is 4. The second kappa shape index (κ2) is 6.53. The number of hydrogen-bond donors (Lipinski definition) is 1. The average molecular weight is 280 g/mol. The number of para-hydroxylation sites is 1. The van der Waals surface area contributed by atoms with Crippen LogP contribution < -0.4 is 5.32 Å². The van der Waals surface area contributed by atoms with Crippen molar-refractivity contribution < 1.29 is 4.79 Å². The third kappa shape index (κ3) is 3.48. The molecule has 0 saturated carbocycles. The van der Waals surface area contributed by atoms with Crippen molar-refractivity contribution in [2.75, 3.05) is 6.54 Å². The van der Waals surface area contributed by atoms with Crippen molar-refractivity contribution in [2.24, 2.45) is 0 Å². The zero-order valence-corrected chi connectivity index (χ0v) is 12.1. The summed E-state index contributed by atoms with van der Waals surface area (Å²) in [5, 5.41) is 3.99. The van der Waals surface area contributed by atoms with E-state index in [0.29, 0.717) is 12.1 Å². The molecule has 2 aromatic rings. The lowest BCUT2D eigenvalue weighted by molar-refractivity contribution is 0.0954. The van der Waals surface area contributed by atoms with Crippen LogP contribution in [0.3, 0.4) is 0 Å². The maximum absolute atomic E-state index is 12.2. The van der Waals surface area contributed by atoms with Gasteiger partial charge >= 0.3 is 0 Å². The van der Waals surface area contributed by atoms with Gasteiger partial charge in [-0.1, -0.05) is 29.8 Å². The summed E-state index contributed by atoms with van der Waals surface area (Å²) in [6.07, 6.45) is 9.91. The molecule has 0 unspecified atom stereocenters. The van der Waals surface area contributed by atoms with Crippen LogP contribution in [0.2, 0.25) is 0 Å². The van der Waals surface area contributed by atoms with Crippen molar-refractivity contribution in [1.82, 2.24) is 10.3 Å². The molecule has 0 spiro atoms. The molecular weight excluding hydrogens is 260 g/mol. The molecular formula is C18H20N2O. The summed E-state index contributed by atoms with van der Waals surface area (Å²) in [7, 11) is 0. The van der Waals surface area contributed by atoms with Crippen molar-refractivity contribution >= 4 is 16.8 Å². The Bertz CT molecular complexity index is 676. The zero-order valence-electron chi connectivity index (χ0n) is 12.1. The largest absolute Gasteiger partial charge is 0.352 e. The highest BCUT2D eigenvalue weighted by Crippen LogP contribution is 2.19. The highest BCUT2D eigenvalue weighted by Gasteiger charge is 2.08. The first-order valence-corrected chi connectivity index (χ1v) is 7.64. The quantitative estimate of drug-likeness (QED) is 0.864. The van der Waals surface area contributed by atoms with Crippen molar-refractivity contribution in [3.05, 3.63) is 53.7 Å². The van der Waals surface area contributed by atoms with Crippen molar-refractivity contribution in [2.45, 2.75) is 32.1 Å². The molecule has 1 aliphatic carbocycles. The lowest BCUT2D eigenvalue weighted by atomic mass is 9.97. The number of fused-ring (bicyclic) bond motifs is 1. The minimum absolute atomic E-state index is 0.0373. The molecule has 1 aliphatic rings. The Morgan fingerprint density at radius 3 is 3.00 bits per heavy atom. The van der Waals surface area contributed by atoms with E-state index in [1.54, 1.807) is 6.20 Å². The maximum atomic E-state index is 12.2. The van der Waals surface area contributed by atoms with Gasteiger partial charge in [-0.3, -0.25) is 9.78 Å². The summed E-state index contributed by atoms with van der Waals surface area (Å²) in [6.45, 7) is 0.706. The topological polar surface area (TPSA) is 42.0 Å². The highest BCUT2D eigenvalue weighted by atomic mass is 16.1. The molecule has 1 amide bonds. The molecule has 0 bridgehead atoms. The van der Waals surface area contributed by atoms with Gasteiger partial charge in [0.25, 0.3) is 5.91 Å². The summed E-state index contributed by atoms with van der Waals surface area (Å²) in [5.74, 6) is -0.0373. The Balaban J connectivity index is 1.60. The number of carbonyl (C=O) groups excluding carboxylic acids is 1. The zero-order chi connectivity index (χ0) is 14.5. The van der Waals surface area contributed by atoms with Gasteiger partial charge in [0.1, 0.15) is 0 Å². The number of aromatic nitrogens is 1. The molecule has 21 heavy (non-hydrogen) atoms. The van der Waals surface area contributed by atoms with E-state index in [0.717, 1.165) is 17.3 Å². The second-order valence-corrected chi connectivity index (χ2v) is 5.53. The molecule has 0 aliphatic heterocycles. The number of allylic oxidation sites excluding steroid dienone is 1. The first-order chi connectivity index (χ1) is 10.3. The van der Waals surface area contributed by atoms with E-state index in [1.165, 1.54) is 31.3 Å². The van der Waals surface area contributed by atoms with Crippen molar-refractivity contribution in [1.29, 1.82) is 0 Å². The Kier molecular flexibility index (Phi) is 4.29. The summed E-state index contributed by atoms with van der Waals surface area (Å²) < 4.78 is 0. The third-order valence-corrected chi connectivity index (χ3v) is 3.97. The van der Waals surface area contributed by atoms with Gasteiger partial charge in [0, 0.05) is 18.1 Å². The number of amides is 1. The van der Waals surface area contributed by atoms with E-state index < -0.39 is 0 Å². The summed E-state index contributed by atoms with van der Waals surface area (Å²) in [5.41, 5.74) is 3.03. The second-order valence-electron chi connectivity index (χ2n) is 5.53. The Hall–Kier alpha value is -2.16. The van der Waals surface area contributed by atoms with Crippen LogP contribution in [0.5, 0.6) is 0 Å². The van der Waals surface area contributed by atoms with Crippen LogP contribution in [0, 0.1) is 0 Å². The average Bonchev–Trinajstić information content (AvgIpc) is 2.55. The van der Waals surface area contributed by atoms with Gasteiger partial charge in [-0.05, 0) is 44.2 Å². The minimum atomic E-state index is -0.0373. The molecule has 0 saturated heterocycles. The van der Waals surface area contributed by atoms with E-state index in [2.05, 4.69) is 16.4 Å². The first kappa shape index (κ1) is 13.8. The van der Waals surface area contributed by atoms with E-state index in [-0.39, 0.29) is 5.91 Å². The minimum Gasteiger partial charge on any atom is -0.352 e. The number of hydrogen-bond acceptors (Lipinski definition) is 2. The normalized spacial score (nSPS) is 14.8. The van der Waals surface area contributed by atoms with Gasteiger partial charge in [0.2, 0.25) is 0 Å². The number of benzene rings is 1. The van der Waals surface area contributed by atoms with Crippen LogP contribution >= 0.6 is 0 Å². The van der Waals surface area contributed by atoms with Gasteiger partial charge in [-0.25, -0.2) is 0 Å². The smallest absolute Gasteiger partial charge is 0.252 e. The fourth-order valence-electron chi connectivity index (χ4n) is 2.77. The molecule has 3 heteroatoms. The predicted octanol–water partition coefficient (Wildman–Crippen LogP) is 3.86. The molecule has 1 heterocycles. The van der Waals surface area contributed by atoms with E-state index in [4.69, 9.17) is 0 Å².